The third-order valence-corrected chi connectivity index (χ3v) is 4.68. The summed E-state index contributed by atoms with van der Waals surface area (Å²) in [6.07, 6.45) is 2.46. The summed E-state index contributed by atoms with van der Waals surface area (Å²) < 4.78 is 0. The molecule has 0 aliphatic carbocycles. The fraction of sp³-hybridized carbons (Fsp3) is 0.136. The number of carbonyl (C=O) groups excluding carboxylic acids is 2. The van der Waals surface area contributed by atoms with Crippen LogP contribution in [0.15, 0.2) is 66.9 Å². The molecule has 0 bridgehead atoms. The number of ketones is 1. The van der Waals surface area contributed by atoms with Crippen molar-refractivity contribution in [3.05, 3.63) is 83.6 Å². The molecule has 5 heteroatoms. The summed E-state index contributed by atoms with van der Waals surface area (Å²) in [5.74, 6) is 0.588. The third-order valence-electron chi connectivity index (χ3n) is 4.68. The lowest BCUT2D eigenvalue weighted by Crippen LogP contribution is -2.28. The van der Waals surface area contributed by atoms with Gasteiger partial charge >= 0.3 is 0 Å². The van der Waals surface area contributed by atoms with Crippen LogP contribution >= 0.6 is 0 Å². The number of Topliss-reactive ketones (excluding diaryl/α,β-unsaturated/α-hetero) is 1. The SMILES string of the molecule is CC(=O)c1cccc(Nc2ccc(C(=O)N3CCc4ccccc43)cn2)c1. The number of para-hydroxylation sites is 1. The Kier molecular flexibility index (Phi) is 4.42. The topological polar surface area (TPSA) is 62.3 Å². The van der Waals surface area contributed by atoms with Crippen LogP contribution in [0.3, 0.4) is 0 Å². The highest BCUT2D eigenvalue weighted by atomic mass is 16.2. The van der Waals surface area contributed by atoms with Gasteiger partial charge in [0.2, 0.25) is 0 Å². The van der Waals surface area contributed by atoms with Gasteiger partial charge in [-0.1, -0.05) is 30.3 Å². The predicted octanol–water partition coefficient (Wildman–Crippen LogP) is 4.23. The Labute approximate surface area is 157 Å². The highest BCUT2D eigenvalue weighted by molar-refractivity contribution is 6.07. The van der Waals surface area contributed by atoms with Crippen molar-refractivity contribution in [3.63, 3.8) is 0 Å². The van der Waals surface area contributed by atoms with E-state index in [-0.39, 0.29) is 11.7 Å². The summed E-state index contributed by atoms with van der Waals surface area (Å²) in [6.45, 7) is 2.23. The number of fused-ring (bicyclic) bond motifs is 1. The lowest BCUT2D eigenvalue weighted by Gasteiger charge is -2.17. The van der Waals surface area contributed by atoms with E-state index >= 15 is 0 Å². The molecule has 1 aromatic heterocycles. The number of hydrogen-bond donors (Lipinski definition) is 1. The molecule has 1 N–H and O–H groups in total. The van der Waals surface area contributed by atoms with Gasteiger partial charge in [-0.15, -0.1) is 0 Å². The van der Waals surface area contributed by atoms with Crippen LogP contribution in [-0.4, -0.2) is 23.2 Å². The molecule has 4 rings (SSSR count). The molecule has 0 radical (unpaired) electrons. The van der Waals surface area contributed by atoms with Crippen LogP contribution in [0.5, 0.6) is 0 Å². The molecule has 0 atom stereocenters. The first-order valence-electron chi connectivity index (χ1n) is 8.86. The van der Waals surface area contributed by atoms with Gasteiger partial charge in [0, 0.05) is 29.7 Å². The maximum absolute atomic E-state index is 12.8. The Hall–Kier alpha value is -3.47. The molecule has 1 aliphatic heterocycles. The van der Waals surface area contributed by atoms with Gasteiger partial charge in [-0.2, -0.15) is 0 Å². The van der Waals surface area contributed by atoms with Crippen molar-refractivity contribution in [1.29, 1.82) is 0 Å². The van der Waals surface area contributed by atoms with Crippen molar-refractivity contribution >= 4 is 28.9 Å². The monoisotopic (exact) mass is 357 g/mol. The Morgan fingerprint density at radius 3 is 2.63 bits per heavy atom. The molecule has 0 saturated heterocycles. The second-order valence-electron chi connectivity index (χ2n) is 6.53. The number of nitrogens with zero attached hydrogens (tertiary/aromatic N) is 2. The van der Waals surface area contributed by atoms with Crippen LogP contribution in [0.2, 0.25) is 0 Å². The molecule has 3 aromatic rings. The Morgan fingerprint density at radius 2 is 1.85 bits per heavy atom. The quantitative estimate of drug-likeness (QED) is 0.710. The Morgan fingerprint density at radius 1 is 1.00 bits per heavy atom. The summed E-state index contributed by atoms with van der Waals surface area (Å²) in [5.41, 5.74) is 4.14. The second-order valence-corrected chi connectivity index (χ2v) is 6.53. The lowest BCUT2D eigenvalue weighted by atomic mass is 10.1. The number of amides is 1. The minimum Gasteiger partial charge on any atom is -0.340 e. The first-order chi connectivity index (χ1) is 13.1. The maximum Gasteiger partial charge on any atom is 0.259 e. The van der Waals surface area contributed by atoms with Crippen molar-refractivity contribution in [3.8, 4) is 0 Å². The zero-order valence-electron chi connectivity index (χ0n) is 15.0. The number of pyridine rings is 1. The number of nitrogens with one attached hydrogen (secondary N) is 1. The first kappa shape index (κ1) is 17.0. The molecule has 134 valence electrons. The lowest BCUT2D eigenvalue weighted by molar-refractivity contribution is 0.0986. The van der Waals surface area contributed by atoms with Gasteiger partial charge in [-0.05, 0) is 49.2 Å². The predicted molar refractivity (Wildman–Crippen MR) is 106 cm³/mol. The molecule has 1 aliphatic rings. The zero-order valence-corrected chi connectivity index (χ0v) is 15.0. The average Bonchev–Trinajstić information content (AvgIpc) is 3.12. The molecule has 2 aromatic carbocycles. The van der Waals surface area contributed by atoms with Gasteiger partial charge in [0.1, 0.15) is 5.82 Å². The van der Waals surface area contributed by atoms with Gasteiger partial charge in [-0.25, -0.2) is 4.98 Å². The molecule has 0 unspecified atom stereocenters. The minimum atomic E-state index is -0.0439. The van der Waals surface area contributed by atoms with E-state index < -0.39 is 0 Å². The van der Waals surface area contributed by atoms with E-state index in [2.05, 4.69) is 16.4 Å². The van der Waals surface area contributed by atoms with Crippen LogP contribution in [0.1, 0.15) is 33.2 Å². The van der Waals surface area contributed by atoms with Gasteiger partial charge in [0.05, 0.1) is 5.56 Å². The fourth-order valence-corrected chi connectivity index (χ4v) is 3.26. The molecule has 5 nitrogen and oxygen atoms in total. The van der Waals surface area contributed by atoms with Crippen molar-refractivity contribution in [2.24, 2.45) is 0 Å². The molecule has 27 heavy (non-hydrogen) atoms. The van der Waals surface area contributed by atoms with Gasteiger partial charge < -0.3 is 10.2 Å². The van der Waals surface area contributed by atoms with E-state index in [0.717, 1.165) is 17.8 Å². The van der Waals surface area contributed by atoms with Gasteiger partial charge in [-0.3, -0.25) is 9.59 Å². The van der Waals surface area contributed by atoms with Crippen LogP contribution < -0.4 is 10.2 Å². The highest BCUT2D eigenvalue weighted by Gasteiger charge is 2.25. The average molecular weight is 357 g/mol. The molecule has 1 amide bonds. The number of rotatable bonds is 4. The van der Waals surface area contributed by atoms with Crippen molar-refractivity contribution in [2.75, 3.05) is 16.8 Å². The van der Waals surface area contributed by atoms with E-state index in [9.17, 15) is 9.59 Å². The van der Waals surface area contributed by atoms with Gasteiger partial charge in [0.25, 0.3) is 5.91 Å². The van der Waals surface area contributed by atoms with Gasteiger partial charge in [0.15, 0.2) is 5.78 Å². The summed E-state index contributed by atoms with van der Waals surface area (Å²) in [4.78, 5) is 30.5. The van der Waals surface area contributed by atoms with Crippen LogP contribution in [0.4, 0.5) is 17.2 Å². The smallest absolute Gasteiger partial charge is 0.259 e. The van der Waals surface area contributed by atoms with E-state index in [0.29, 0.717) is 23.5 Å². The van der Waals surface area contributed by atoms with Crippen LogP contribution in [0.25, 0.3) is 0 Å². The summed E-state index contributed by atoms with van der Waals surface area (Å²) in [7, 11) is 0. The zero-order chi connectivity index (χ0) is 18.8. The molecule has 0 fully saturated rings. The van der Waals surface area contributed by atoms with Crippen molar-refractivity contribution in [1.82, 2.24) is 4.98 Å². The second kappa shape index (κ2) is 7.03. The molecule has 2 heterocycles. The number of hydrogen-bond acceptors (Lipinski definition) is 4. The highest BCUT2D eigenvalue weighted by Crippen LogP contribution is 2.29. The van der Waals surface area contributed by atoms with Crippen molar-refractivity contribution in [2.45, 2.75) is 13.3 Å². The van der Waals surface area contributed by atoms with E-state index in [1.54, 1.807) is 35.4 Å². The number of aromatic nitrogens is 1. The van der Waals surface area contributed by atoms with Crippen LogP contribution in [-0.2, 0) is 6.42 Å². The first-order valence-corrected chi connectivity index (χ1v) is 8.86. The van der Waals surface area contributed by atoms with E-state index in [1.165, 1.54) is 12.5 Å². The summed E-state index contributed by atoms with van der Waals surface area (Å²) in [6, 6.07) is 18.8. The summed E-state index contributed by atoms with van der Waals surface area (Å²) in [5, 5.41) is 3.16. The Balaban J connectivity index is 1.50. The standard InChI is InChI=1S/C22H19N3O2/c1-15(26)17-6-4-7-19(13-17)24-21-10-9-18(14-23-21)22(27)25-12-11-16-5-2-3-8-20(16)25/h2-10,13-14H,11-12H2,1H3,(H,23,24). The number of carbonyl (C=O) groups is 2. The summed E-state index contributed by atoms with van der Waals surface area (Å²) >= 11 is 0. The number of anilines is 3. The van der Waals surface area contributed by atoms with Crippen molar-refractivity contribution < 1.29 is 9.59 Å². The minimum absolute atomic E-state index is 0.0125. The normalized spacial score (nSPS) is 12.6. The Bertz CT molecular complexity index is 1010. The third kappa shape index (κ3) is 3.44. The molecular weight excluding hydrogens is 338 g/mol. The van der Waals surface area contributed by atoms with E-state index in [1.807, 2.05) is 30.3 Å². The maximum atomic E-state index is 12.8. The fourth-order valence-electron chi connectivity index (χ4n) is 3.26. The van der Waals surface area contributed by atoms with E-state index in [4.69, 9.17) is 0 Å². The molecule has 0 saturated carbocycles. The number of benzene rings is 2. The molecule has 0 spiro atoms. The van der Waals surface area contributed by atoms with Crippen LogP contribution in [0, 0.1) is 0 Å². The largest absolute Gasteiger partial charge is 0.340 e. The molecular formula is C22H19N3O2.